The van der Waals surface area contributed by atoms with Crippen molar-refractivity contribution in [3.05, 3.63) is 125 Å². The minimum Gasteiger partial charge on any atom is -0.493 e. The summed E-state index contributed by atoms with van der Waals surface area (Å²) in [6.07, 6.45) is 1.99. The summed E-state index contributed by atoms with van der Waals surface area (Å²) >= 11 is 0. The molecule has 0 radical (unpaired) electrons. The standard InChI is InChI=1S/C32H32FN3O4/c1-39-29-16-13-25(19-30(29)40-2)20-31(37)36(22-24-11-14-26(33)15-12-24)28(18-23-8-4-3-5-9-23)32(38)35-21-27-10-6-7-17-34-27/h3-17,19,28H,18,20-22H2,1-2H3,(H,35,38)/t28-/m0/s1. The number of carbonyl (C=O) groups excluding carboxylic acids is 2. The normalized spacial score (nSPS) is 11.4. The highest BCUT2D eigenvalue weighted by atomic mass is 19.1. The average molecular weight is 542 g/mol. The van der Waals surface area contributed by atoms with Crippen LogP contribution < -0.4 is 14.8 Å². The molecular formula is C32H32FN3O4. The Morgan fingerprint density at radius 2 is 1.55 bits per heavy atom. The van der Waals surface area contributed by atoms with Gasteiger partial charge in [-0.05, 0) is 53.1 Å². The number of rotatable bonds is 12. The number of aromatic nitrogens is 1. The highest BCUT2D eigenvalue weighted by molar-refractivity contribution is 5.88. The largest absolute Gasteiger partial charge is 0.493 e. The maximum atomic E-state index is 13.9. The van der Waals surface area contributed by atoms with Crippen LogP contribution in [0.15, 0.2) is 97.2 Å². The molecule has 206 valence electrons. The van der Waals surface area contributed by atoms with Crippen LogP contribution >= 0.6 is 0 Å². The van der Waals surface area contributed by atoms with E-state index in [-0.39, 0.29) is 37.1 Å². The van der Waals surface area contributed by atoms with Crippen molar-refractivity contribution in [2.45, 2.75) is 32.0 Å². The van der Waals surface area contributed by atoms with E-state index in [9.17, 15) is 14.0 Å². The Morgan fingerprint density at radius 1 is 0.850 bits per heavy atom. The summed E-state index contributed by atoms with van der Waals surface area (Å²) in [6.45, 7) is 0.347. The molecular weight excluding hydrogens is 509 g/mol. The minimum absolute atomic E-state index is 0.0281. The number of pyridine rings is 1. The molecule has 0 aliphatic heterocycles. The van der Waals surface area contributed by atoms with Crippen molar-refractivity contribution < 1.29 is 23.5 Å². The van der Waals surface area contributed by atoms with Gasteiger partial charge in [0.05, 0.1) is 32.9 Å². The number of methoxy groups -OCH3 is 2. The molecule has 2 amide bonds. The zero-order valence-electron chi connectivity index (χ0n) is 22.5. The number of hydrogen-bond acceptors (Lipinski definition) is 5. The molecule has 0 bridgehead atoms. The highest BCUT2D eigenvalue weighted by Crippen LogP contribution is 2.28. The molecule has 0 unspecified atom stereocenters. The molecule has 0 fully saturated rings. The molecule has 1 N–H and O–H groups in total. The molecule has 0 saturated carbocycles. The van der Waals surface area contributed by atoms with Crippen LogP contribution in [0.2, 0.25) is 0 Å². The van der Waals surface area contributed by atoms with E-state index in [0.29, 0.717) is 34.7 Å². The van der Waals surface area contributed by atoms with Gasteiger partial charge in [-0.3, -0.25) is 14.6 Å². The second kappa shape index (κ2) is 13.9. The van der Waals surface area contributed by atoms with Gasteiger partial charge in [0.2, 0.25) is 11.8 Å². The number of ether oxygens (including phenoxy) is 2. The van der Waals surface area contributed by atoms with E-state index in [1.54, 1.807) is 54.6 Å². The SMILES string of the molecule is COc1ccc(CC(=O)N(Cc2ccc(F)cc2)[C@@H](Cc2ccccc2)C(=O)NCc2ccccn2)cc1OC. The molecule has 0 spiro atoms. The van der Waals surface area contributed by atoms with E-state index < -0.39 is 6.04 Å². The lowest BCUT2D eigenvalue weighted by Gasteiger charge is -2.31. The molecule has 1 aromatic heterocycles. The molecule has 8 heteroatoms. The highest BCUT2D eigenvalue weighted by Gasteiger charge is 2.30. The molecule has 0 saturated heterocycles. The average Bonchev–Trinajstić information content (AvgIpc) is 2.99. The number of halogens is 1. The van der Waals surface area contributed by atoms with Crippen LogP contribution in [0.4, 0.5) is 4.39 Å². The van der Waals surface area contributed by atoms with Crippen LogP contribution in [0, 0.1) is 5.82 Å². The molecule has 4 aromatic rings. The first-order valence-electron chi connectivity index (χ1n) is 12.9. The summed E-state index contributed by atoms with van der Waals surface area (Å²) in [5.74, 6) is 0.119. The predicted molar refractivity (Wildman–Crippen MR) is 150 cm³/mol. The van der Waals surface area contributed by atoms with Gasteiger partial charge in [-0.15, -0.1) is 0 Å². The molecule has 40 heavy (non-hydrogen) atoms. The van der Waals surface area contributed by atoms with Crippen LogP contribution in [0.1, 0.15) is 22.4 Å². The summed E-state index contributed by atoms with van der Waals surface area (Å²) < 4.78 is 24.4. The number of nitrogens with zero attached hydrogens (tertiary/aromatic N) is 2. The Labute approximate surface area is 233 Å². The number of carbonyl (C=O) groups is 2. The van der Waals surface area contributed by atoms with Gasteiger partial charge in [-0.2, -0.15) is 0 Å². The van der Waals surface area contributed by atoms with E-state index in [1.165, 1.54) is 19.2 Å². The molecule has 3 aromatic carbocycles. The first kappa shape index (κ1) is 28.3. The fourth-order valence-electron chi connectivity index (χ4n) is 4.41. The van der Waals surface area contributed by atoms with Crippen LogP contribution in [-0.4, -0.2) is 42.0 Å². The summed E-state index contributed by atoms with van der Waals surface area (Å²) in [5, 5.41) is 2.95. The Balaban J connectivity index is 1.66. The van der Waals surface area contributed by atoms with Gasteiger partial charge in [0, 0.05) is 19.2 Å². The van der Waals surface area contributed by atoms with E-state index >= 15 is 0 Å². The maximum absolute atomic E-state index is 13.9. The summed E-state index contributed by atoms with van der Waals surface area (Å²) in [4.78, 5) is 33.5. The van der Waals surface area contributed by atoms with E-state index in [0.717, 1.165) is 5.56 Å². The lowest BCUT2D eigenvalue weighted by Crippen LogP contribution is -2.50. The first-order valence-corrected chi connectivity index (χ1v) is 12.9. The Kier molecular flexibility index (Phi) is 9.83. The molecule has 4 rings (SSSR count). The van der Waals surface area contributed by atoms with Gasteiger partial charge in [-0.1, -0.05) is 54.6 Å². The Hall–Kier alpha value is -4.72. The lowest BCUT2D eigenvalue weighted by atomic mass is 10.0. The number of hydrogen-bond donors (Lipinski definition) is 1. The van der Waals surface area contributed by atoms with Crippen molar-refractivity contribution in [1.82, 2.24) is 15.2 Å². The van der Waals surface area contributed by atoms with Crippen LogP contribution in [-0.2, 0) is 35.5 Å². The van der Waals surface area contributed by atoms with Crippen LogP contribution in [0.5, 0.6) is 11.5 Å². The van der Waals surface area contributed by atoms with Gasteiger partial charge in [-0.25, -0.2) is 4.39 Å². The molecule has 1 atom stereocenters. The van der Waals surface area contributed by atoms with Crippen LogP contribution in [0.25, 0.3) is 0 Å². The van der Waals surface area contributed by atoms with E-state index in [1.807, 2.05) is 42.5 Å². The molecule has 1 heterocycles. The molecule has 7 nitrogen and oxygen atoms in total. The maximum Gasteiger partial charge on any atom is 0.243 e. The Morgan fingerprint density at radius 3 is 2.23 bits per heavy atom. The number of benzene rings is 3. The third-order valence-corrected chi connectivity index (χ3v) is 6.51. The summed E-state index contributed by atoms with van der Waals surface area (Å²) in [6, 6.07) is 25.4. The van der Waals surface area contributed by atoms with Gasteiger partial charge < -0.3 is 19.7 Å². The predicted octanol–water partition coefficient (Wildman–Crippen LogP) is 4.74. The van der Waals surface area contributed by atoms with Gasteiger partial charge >= 0.3 is 0 Å². The molecule has 0 aliphatic carbocycles. The van der Waals surface area contributed by atoms with Crippen LogP contribution in [0.3, 0.4) is 0 Å². The van der Waals surface area contributed by atoms with Crippen molar-refractivity contribution in [2.24, 2.45) is 0 Å². The fourth-order valence-corrected chi connectivity index (χ4v) is 4.41. The van der Waals surface area contributed by atoms with Gasteiger partial charge in [0.25, 0.3) is 0 Å². The topological polar surface area (TPSA) is 80.8 Å². The first-order chi connectivity index (χ1) is 19.5. The van der Waals surface area contributed by atoms with Crippen molar-refractivity contribution in [3.8, 4) is 11.5 Å². The summed E-state index contributed by atoms with van der Waals surface area (Å²) in [5.41, 5.74) is 3.02. The van der Waals surface area contributed by atoms with Crippen molar-refractivity contribution >= 4 is 11.8 Å². The monoisotopic (exact) mass is 541 g/mol. The van der Waals surface area contributed by atoms with Crippen molar-refractivity contribution in [1.29, 1.82) is 0 Å². The summed E-state index contributed by atoms with van der Waals surface area (Å²) in [7, 11) is 3.08. The number of nitrogens with one attached hydrogen (secondary N) is 1. The quantitative estimate of drug-likeness (QED) is 0.280. The van der Waals surface area contributed by atoms with E-state index in [4.69, 9.17) is 9.47 Å². The van der Waals surface area contributed by atoms with Crippen molar-refractivity contribution in [2.75, 3.05) is 14.2 Å². The lowest BCUT2D eigenvalue weighted by molar-refractivity contribution is -0.140. The second-order valence-corrected chi connectivity index (χ2v) is 9.26. The fraction of sp³-hybridized carbons (Fsp3) is 0.219. The minimum atomic E-state index is -0.830. The van der Waals surface area contributed by atoms with E-state index in [2.05, 4.69) is 10.3 Å². The number of amides is 2. The molecule has 0 aliphatic rings. The smallest absolute Gasteiger partial charge is 0.243 e. The zero-order valence-corrected chi connectivity index (χ0v) is 22.5. The van der Waals surface area contributed by atoms with Gasteiger partial charge in [0.15, 0.2) is 11.5 Å². The Bertz CT molecular complexity index is 1400. The second-order valence-electron chi connectivity index (χ2n) is 9.26. The van der Waals surface area contributed by atoms with Crippen molar-refractivity contribution in [3.63, 3.8) is 0 Å². The zero-order chi connectivity index (χ0) is 28.3. The third-order valence-electron chi connectivity index (χ3n) is 6.51. The van der Waals surface area contributed by atoms with Gasteiger partial charge in [0.1, 0.15) is 11.9 Å². The third kappa shape index (κ3) is 7.66.